The van der Waals surface area contributed by atoms with Gasteiger partial charge in [-0.3, -0.25) is 19.3 Å². The zero-order valence-electron chi connectivity index (χ0n) is 16.9. The van der Waals surface area contributed by atoms with E-state index in [1.165, 1.54) is 4.90 Å². The van der Waals surface area contributed by atoms with Crippen LogP contribution in [-0.4, -0.2) is 47.8 Å². The molecule has 3 amide bonds. The lowest BCUT2D eigenvalue weighted by atomic mass is 9.99. The first-order valence-corrected chi connectivity index (χ1v) is 10.1. The fraction of sp³-hybridized carbons (Fsp3) is 0.348. The second-order valence-electron chi connectivity index (χ2n) is 7.72. The number of hydrogen-bond donors (Lipinski definition) is 2. The first-order chi connectivity index (χ1) is 14.0. The van der Waals surface area contributed by atoms with Crippen LogP contribution in [0, 0.1) is 0 Å². The Morgan fingerprint density at radius 1 is 1.10 bits per heavy atom. The van der Waals surface area contributed by atoms with Gasteiger partial charge < -0.3 is 10.6 Å². The van der Waals surface area contributed by atoms with Crippen LogP contribution in [0.25, 0.3) is 0 Å². The van der Waals surface area contributed by atoms with Crippen LogP contribution in [0.1, 0.15) is 56.4 Å². The predicted molar refractivity (Wildman–Crippen MR) is 117 cm³/mol. The van der Waals surface area contributed by atoms with Gasteiger partial charge in [0.05, 0.1) is 11.1 Å². The van der Waals surface area contributed by atoms with Gasteiger partial charge in [0.2, 0.25) is 0 Å². The molecule has 2 aliphatic heterocycles. The van der Waals surface area contributed by atoms with Crippen LogP contribution in [0.4, 0.5) is 0 Å². The van der Waals surface area contributed by atoms with Gasteiger partial charge in [0.25, 0.3) is 17.7 Å². The summed E-state index contributed by atoms with van der Waals surface area (Å²) in [5, 5.41) is 6.41. The molecular formula is C23H26ClN3O3. The summed E-state index contributed by atoms with van der Waals surface area (Å²) in [7, 11) is 0. The highest BCUT2D eigenvalue weighted by atomic mass is 35.5. The minimum Gasteiger partial charge on any atom is -0.348 e. The summed E-state index contributed by atoms with van der Waals surface area (Å²) in [6.07, 6.45) is 2.55. The summed E-state index contributed by atoms with van der Waals surface area (Å²) in [6, 6.07) is 14.8. The van der Waals surface area contributed by atoms with E-state index in [-0.39, 0.29) is 42.2 Å². The van der Waals surface area contributed by atoms with Crippen LogP contribution in [0.15, 0.2) is 48.5 Å². The Kier molecular flexibility index (Phi) is 6.90. The van der Waals surface area contributed by atoms with Crippen molar-refractivity contribution in [1.82, 2.24) is 15.5 Å². The van der Waals surface area contributed by atoms with E-state index >= 15 is 0 Å². The smallest absolute Gasteiger partial charge is 0.261 e. The number of nitrogens with zero attached hydrogens (tertiary/aromatic N) is 1. The highest BCUT2D eigenvalue weighted by molar-refractivity contribution is 6.22. The molecule has 2 aliphatic rings. The van der Waals surface area contributed by atoms with Crippen molar-refractivity contribution in [2.24, 2.45) is 0 Å². The van der Waals surface area contributed by atoms with Crippen molar-refractivity contribution in [2.45, 2.75) is 38.3 Å². The van der Waals surface area contributed by atoms with Crippen LogP contribution < -0.4 is 10.6 Å². The number of rotatable bonds is 5. The second kappa shape index (κ2) is 9.41. The summed E-state index contributed by atoms with van der Waals surface area (Å²) < 4.78 is 0. The zero-order valence-corrected chi connectivity index (χ0v) is 17.7. The van der Waals surface area contributed by atoms with Gasteiger partial charge in [-0.15, -0.1) is 12.4 Å². The van der Waals surface area contributed by atoms with Gasteiger partial charge in [-0.05, 0) is 56.5 Å². The Hall–Kier alpha value is -2.70. The SMILES string of the molecule is CC1NCCCC1NC(=O)c1ccc2c(c1)C(=O)N(CCc1ccccc1)C2=O.Cl. The van der Waals surface area contributed by atoms with Crippen molar-refractivity contribution in [1.29, 1.82) is 0 Å². The number of piperidine rings is 1. The maximum atomic E-state index is 12.8. The van der Waals surface area contributed by atoms with Crippen LogP contribution in [0.3, 0.4) is 0 Å². The van der Waals surface area contributed by atoms with Crippen LogP contribution in [0.2, 0.25) is 0 Å². The fourth-order valence-electron chi connectivity index (χ4n) is 4.01. The molecule has 2 aromatic carbocycles. The molecular weight excluding hydrogens is 402 g/mol. The molecule has 30 heavy (non-hydrogen) atoms. The summed E-state index contributed by atoms with van der Waals surface area (Å²) in [4.78, 5) is 39.4. The minimum absolute atomic E-state index is 0. The first-order valence-electron chi connectivity index (χ1n) is 10.1. The standard InChI is InChI=1S/C23H25N3O3.ClH/c1-15-20(8-5-12-24-15)25-21(27)17-9-10-18-19(14-17)23(29)26(22(18)28)13-11-16-6-3-2-4-7-16;/h2-4,6-7,9-10,14-15,20,24H,5,8,11-13H2,1H3,(H,25,27);1H. The van der Waals surface area contributed by atoms with Crippen molar-refractivity contribution in [3.8, 4) is 0 Å². The average molecular weight is 428 g/mol. The quantitative estimate of drug-likeness (QED) is 0.719. The minimum atomic E-state index is -0.330. The number of benzene rings is 2. The fourth-order valence-corrected chi connectivity index (χ4v) is 4.01. The molecule has 0 aliphatic carbocycles. The van der Waals surface area contributed by atoms with E-state index in [0.717, 1.165) is 24.9 Å². The van der Waals surface area contributed by atoms with E-state index in [0.29, 0.717) is 29.7 Å². The molecule has 7 heteroatoms. The van der Waals surface area contributed by atoms with E-state index in [9.17, 15) is 14.4 Å². The van der Waals surface area contributed by atoms with Crippen LogP contribution >= 0.6 is 12.4 Å². The average Bonchev–Trinajstić information content (AvgIpc) is 2.98. The van der Waals surface area contributed by atoms with Gasteiger partial charge in [0.15, 0.2) is 0 Å². The zero-order chi connectivity index (χ0) is 20.4. The number of hydrogen-bond acceptors (Lipinski definition) is 4. The molecule has 2 unspecified atom stereocenters. The van der Waals surface area contributed by atoms with Gasteiger partial charge in [0, 0.05) is 24.2 Å². The lowest BCUT2D eigenvalue weighted by Gasteiger charge is -2.30. The molecule has 2 heterocycles. The number of imide groups is 1. The normalized spacial score (nSPS) is 20.5. The third kappa shape index (κ3) is 4.40. The molecule has 1 saturated heterocycles. The summed E-state index contributed by atoms with van der Waals surface area (Å²) in [5.41, 5.74) is 2.16. The predicted octanol–water partition coefficient (Wildman–Crippen LogP) is 2.82. The van der Waals surface area contributed by atoms with E-state index in [4.69, 9.17) is 0 Å². The number of fused-ring (bicyclic) bond motifs is 1. The van der Waals surface area contributed by atoms with Gasteiger partial charge in [-0.25, -0.2) is 0 Å². The number of carbonyl (C=O) groups is 3. The van der Waals surface area contributed by atoms with Gasteiger partial charge in [0.1, 0.15) is 0 Å². The number of halogens is 1. The Bertz CT molecular complexity index is 948. The molecule has 4 rings (SSSR count). The topological polar surface area (TPSA) is 78.5 Å². The van der Waals surface area contributed by atoms with Crippen molar-refractivity contribution < 1.29 is 14.4 Å². The Labute approximate surface area is 182 Å². The maximum Gasteiger partial charge on any atom is 0.261 e. The van der Waals surface area contributed by atoms with E-state index in [1.807, 2.05) is 30.3 Å². The van der Waals surface area contributed by atoms with E-state index < -0.39 is 0 Å². The number of nitrogens with one attached hydrogen (secondary N) is 2. The van der Waals surface area contributed by atoms with E-state index in [2.05, 4.69) is 17.6 Å². The van der Waals surface area contributed by atoms with Crippen LogP contribution in [-0.2, 0) is 6.42 Å². The molecule has 2 aromatic rings. The number of amides is 3. The molecule has 0 bridgehead atoms. The maximum absolute atomic E-state index is 12.8. The molecule has 6 nitrogen and oxygen atoms in total. The Morgan fingerprint density at radius 2 is 1.83 bits per heavy atom. The number of carbonyl (C=O) groups excluding carboxylic acids is 3. The third-order valence-electron chi connectivity index (χ3n) is 5.78. The van der Waals surface area contributed by atoms with Crippen molar-refractivity contribution >= 4 is 30.1 Å². The summed E-state index contributed by atoms with van der Waals surface area (Å²) in [5.74, 6) is -0.836. The van der Waals surface area contributed by atoms with E-state index in [1.54, 1.807) is 18.2 Å². The van der Waals surface area contributed by atoms with Crippen LogP contribution in [0.5, 0.6) is 0 Å². The monoisotopic (exact) mass is 427 g/mol. The largest absolute Gasteiger partial charge is 0.348 e. The lowest BCUT2D eigenvalue weighted by Crippen LogP contribution is -2.51. The third-order valence-corrected chi connectivity index (χ3v) is 5.78. The lowest BCUT2D eigenvalue weighted by molar-refractivity contribution is 0.0656. The molecule has 0 aromatic heterocycles. The van der Waals surface area contributed by atoms with Gasteiger partial charge in [-0.2, -0.15) is 0 Å². The Balaban J connectivity index is 0.00000256. The summed E-state index contributed by atoms with van der Waals surface area (Å²) >= 11 is 0. The Morgan fingerprint density at radius 3 is 2.57 bits per heavy atom. The van der Waals surface area contributed by atoms with Crippen molar-refractivity contribution in [3.05, 3.63) is 70.8 Å². The van der Waals surface area contributed by atoms with Gasteiger partial charge >= 0.3 is 0 Å². The van der Waals surface area contributed by atoms with Crippen molar-refractivity contribution in [3.63, 3.8) is 0 Å². The molecule has 158 valence electrons. The molecule has 0 saturated carbocycles. The molecule has 2 N–H and O–H groups in total. The first kappa shape index (κ1) is 22.0. The molecule has 0 spiro atoms. The molecule has 1 fully saturated rings. The van der Waals surface area contributed by atoms with Gasteiger partial charge in [-0.1, -0.05) is 30.3 Å². The second-order valence-corrected chi connectivity index (χ2v) is 7.72. The highest BCUT2D eigenvalue weighted by Gasteiger charge is 2.36. The molecule has 0 radical (unpaired) electrons. The van der Waals surface area contributed by atoms with Crippen molar-refractivity contribution in [2.75, 3.05) is 13.1 Å². The highest BCUT2D eigenvalue weighted by Crippen LogP contribution is 2.24. The summed E-state index contributed by atoms with van der Waals surface area (Å²) in [6.45, 7) is 3.34. The molecule has 2 atom stereocenters.